The standard InChI is InChI=1S/C25H27N3O2/c1-3-28(4-2)23-14-10-20(11-15-23)18-26-27-25(29)22-12-16-24(17-13-22)30-19-21-8-6-5-7-9-21/h5-18H,3-4,19H2,1-2H3,(H,27,29)/b26-18+. The molecule has 1 amide bonds. The van der Waals surface area contributed by atoms with Gasteiger partial charge in [0, 0.05) is 24.3 Å². The van der Waals surface area contributed by atoms with E-state index in [1.807, 2.05) is 42.5 Å². The lowest BCUT2D eigenvalue weighted by Crippen LogP contribution is -2.21. The predicted octanol–water partition coefficient (Wildman–Crippen LogP) is 4.88. The molecule has 0 saturated heterocycles. The van der Waals surface area contributed by atoms with E-state index in [1.165, 1.54) is 5.69 Å². The van der Waals surface area contributed by atoms with E-state index in [2.05, 4.69) is 41.4 Å². The van der Waals surface area contributed by atoms with Gasteiger partial charge in [0.2, 0.25) is 0 Å². The number of carbonyl (C=O) groups excluding carboxylic acids is 1. The van der Waals surface area contributed by atoms with Gasteiger partial charge in [0.15, 0.2) is 0 Å². The zero-order valence-corrected chi connectivity index (χ0v) is 17.4. The molecule has 0 spiro atoms. The molecule has 0 bridgehead atoms. The zero-order chi connectivity index (χ0) is 21.2. The number of benzene rings is 3. The molecule has 5 heteroatoms. The summed E-state index contributed by atoms with van der Waals surface area (Å²) in [5.41, 5.74) is 6.29. The molecular formula is C25H27N3O2. The molecule has 0 aliphatic heterocycles. The number of hydrogen-bond donors (Lipinski definition) is 1. The van der Waals surface area contributed by atoms with E-state index < -0.39 is 0 Å². The molecule has 5 nitrogen and oxygen atoms in total. The second kappa shape index (κ2) is 10.8. The molecule has 0 radical (unpaired) electrons. The number of rotatable bonds is 9. The second-order valence-electron chi connectivity index (χ2n) is 6.76. The molecule has 0 aromatic heterocycles. The van der Waals surface area contributed by atoms with Crippen LogP contribution in [0.3, 0.4) is 0 Å². The second-order valence-corrected chi connectivity index (χ2v) is 6.76. The summed E-state index contributed by atoms with van der Waals surface area (Å²) in [6.07, 6.45) is 1.64. The summed E-state index contributed by atoms with van der Waals surface area (Å²) in [5.74, 6) is 0.452. The van der Waals surface area contributed by atoms with Crippen LogP contribution in [0.2, 0.25) is 0 Å². The summed E-state index contributed by atoms with van der Waals surface area (Å²) in [7, 11) is 0. The topological polar surface area (TPSA) is 53.9 Å². The smallest absolute Gasteiger partial charge is 0.271 e. The van der Waals surface area contributed by atoms with Gasteiger partial charge in [0.1, 0.15) is 12.4 Å². The number of nitrogens with one attached hydrogen (secondary N) is 1. The van der Waals surface area contributed by atoms with Gasteiger partial charge >= 0.3 is 0 Å². The highest BCUT2D eigenvalue weighted by Gasteiger charge is 2.05. The van der Waals surface area contributed by atoms with Crippen molar-refractivity contribution in [2.45, 2.75) is 20.5 Å². The Morgan fingerprint density at radius 3 is 2.23 bits per heavy atom. The summed E-state index contributed by atoms with van der Waals surface area (Å²) in [5, 5.41) is 4.06. The normalized spacial score (nSPS) is 10.7. The fourth-order valence-electron chi connectivity index (χ4n) is 3.03. The fraction of sp³-hybridized carbons (Fsp3) is 0.200. The SMILES string of the molecule is CCN(CC)c1ccc(/C=N/NC(=O)c2ccc(OCc3ccccc3)cc2)cc1. The van der Waals surface area contributed by atoms with Crippen molar-refractivity contribution in [3.05, 3.63) is 95.6 Å². The van der Waals surface area contributed by atoms with Crippen LogP contribution in [0.4, 0.5) is 5.69 Å². The fourth-order valence-corrected chi connectivity index (χ4v) is 3.03. The van der Waals surface area contributed by atoms with E-state index in [1.54, 1.807) is 30.5 Å². The number of hydrazone groups is 1. The van der Waals surface area contributed by atoms with Crippen molar-refractivity contribution in [2.24, 2.45) is 5.10 Å². The van der Waals surface area contributed by atoms with Gasteiger partial charge in [-0.25, -0.2) is 5.43 Å². The molecule has 0 saturated carbocycles. The van der Waals surface area contributed by atoms with Gasteiger partial charge in [0.25, 0.3) is 5.91 Å². The van der Waals surface area contributed by atoms with E-state index in [0.29, 0.717) is 17.9 Å². The third kappa shape index (κ3) is 5.95. The average molecular weight is 402 g/mol. The molecule has 0 aliphatic rings. The maximum absolute atomic E-state index is 12.3. The Morgan fingerprint density at radius 1 is 0.933 bits per heavy atom. The van der Waals surface area contributed by atoms with Crippen LogP contribution in [0.15, 0.2) is 84.0 Å². The highest BCUT2D eigenvalue weighted by atomic mass is 16.5. The van der Waals surface area contributed by atoms with E-state index in [0.717, 1.165) is 24.2 Å². The average Bonchev–Trinajstić information content (AvgIpc) is 2.80. The molecule has 3 rings (SSSR count). The molecule has 0 heterocycles. The molecule has 154 valence electrons. The van der Waals surface area contributed by atoms with Crippen LogP contribution in [0.1, 0.15) is 35.3 Å². The minimum Gasteiger partial charge on any atom is -0.489 e. The van der Waals surface area contributed by atoms with Crippen LogP contribution < -0.4 is 15.1 Å². The van der Waals surface area contributed by atoms with Crippen LogP contribution in [-0.4, -0.2) is 25.2 Å². The van der Waals surface area contributed by atoms with Gasteiger partial charge in [-0.3, -0.25) is 4.79 Å². The minimum absolute atomic E-state index is 0.263. The maximum Gasteiger partial charge on any atom is 0.271 e. The van der Waals surface area contributed by atoms with Crippen molar-refractivity contribution in [3.8, 4) is 5.75 Å². The van der Waals surface area contributed by atoms with Crippen LogP contribution in [0, 0.1) is 0 Å². The number of amides is 1. The number of carbonyl (C=O) groups is 1. The monoisotopic (exact) mass is 401 g/mol. The van der Waals surface area contributed by atoms with Gasteiger partial charge in [-0.2, -0.15) is 5.10 Å². The maximum atomic E-state index is 12.3. The number of nitrogens with zero attached hydrogens (tertiary/aromatic N) is 2. The first-order chi connectivity index (χ1) is 14.7. The van der Waals surface area contributed by atoms with Crippen molar-refractivity contribution in [3.63, 3.8) is 0 Å². The van der Waals surface area contributed by atoms with Crippen LogP contribution in [0.25, 0.3) is 0 Å². The highest BCUT2D eigenvalue weighted by molar-refractivity contribution is 5.95. The van der Waals surface area contributed by atoms with Gasteiger partial charge in [-0.05, 0) is 61.4 Å². The van der Waals surface area contributed by atoms with Gasteiger partial charge in [-0.15, -0.1) is 0 Å². The van der Waals surface area contributed by atoms with Gasteiger partial charge < -0.3 is 9.64 Å². The molecule has 0 fully saturated rings. The molecular weight excluding hydrogens is 374 g/mol. The molecule has 1 N–H and O–H groups in total. The van der Waals surface area contributed by atoms with E-state index in [9.17, 15) is 4.79 Å². The number of hydrogen-bond acceptors (Lipinski definition) is 4. The highest BCUT2D eigenvalue weighted by Crippen LogP contribution is 2.15. The summed E-state index contributed by atoms with van der Waals surface area (Å²) in [4.78, 5) is 14.5. The van der Waals surface area contributed by atoms with E-state index in [-0.39, 0.29) is 5.91 Å². The molecule has 3 aromatic rings. The van der Waals surface area contributed by atoms with Crippen LogP contribution in [0.5, 0.6) is 5.75 Å². The lowest BCUT2D eigenvalue weighted by molar-refractivity contribution is 0.0955. The van der Waals surface area contributed by atoms with Crippen molar-refractivity contribution in [1.29, 1.82) is 0 Å². The Morgan fingerprint density at radius 2 is 1.60 bits per heavy atom. The van der Waals surface area contributed by atoms with Crippen LogP contribution >= 0.6 is 0 Å². The molecule has 3 aromatic carbocycles. The Bertz CT molecular complexity index is 948. The van der Waals surface area contributed by atoms with E-state index in [4.69, 9.17) is 4.74 Å². The van der Waals surface area contributed by atoms with Crippen LogP contribution in [-0.2, 0) is 6.61 Å². The quantitative estimate of drug-likeness (QED) is 0.411. The summed E-state index contributed by atoms with van der Waals surface area (Å²) >= 11 is 0. The zero-order valence-electron chi connectivity index (χ0n) is 17.4. The van der Waals surface area contributed by atoms with Gasteiger partial charge in [-0.1, -0.05) is 42.5 Å². The molecule has 30 heavy (non-hydrogen) atoms. The summed E-state index contributed by atoms with van der Waals surface area (Å²) in [6, 6.07) is 25.1. The van der Waals surface area contributed by atoms with Crippen molar-refractivity contribution in [1.82, 2.24) is 5.43 Å². The first-order valence-electron chi connectivity index (χ1n) is 10.1. The predicted molar refractivity (Wildman–Crippen MR) is 122 cm³/mol. The molecule has 0 atom stereocenters. The largest absolute Gasteiger partial charge is 0.489 e. The Kier molecular flexibility index (Phi) is 7.61. The molecule has 0 aliphatic carbocycles. The Balaban J connectivity index is 1.50. The van der Waals surface area contributed by atoms with Crippen molar-refractivity contribution >= 4 is 17.8 Å². The van der Waals surface area contributed by atoms with Crippen molar-refractivity contribution < 1.29 is 9.53 Å². The first kappa shape index (κ1) is 21.1. The third-order valence-corrected chi connectivity index (χ3v) is 4.77. The third-order valence-electron chi connectivity index (χ3n) is 4.77. The number of ether oxygens (including phenoxy) is 1. The summed E-state index contributed by atoms with van der Waals surface area (Å²) in [6.45, 7) is 6.70. The van der Waals surface area contributed by atoms with Crippen molar-refractivity contribution in [2.75, 3.05) is 18.0 Å². The molecule has 0 unspecified atom stereocenters. The van der Waals surface area contributed by atoms with E-state index >= 15 is 0 Å². The number of anilines is 1. The Hall–Kier alpha value is -3.60. The van der Waals surface area contributed by atoms with Gasteiger partial charge in [0.05, 0.1) is 6.21 Å². The summed E-state index contributed by atoms with van der Waals surface area (Å²) < 4.78 is 5.74. The lowest BCUT2D eigenvalue weighted by Gasteiger charge is -2.20. The Labute approximate surface area is 178 Å². The first-order valence-corrected chi connectivity index (χ1v) is 10.1. The minimum atomic E-state index is -0.263. The lowest BCUT2D eigenvalue weighted by atomic mass is 10.2.